The fourth-order valence-corrected chi connectivity index (χ4v) is 2.85. The van der Waals surface area contributed by atoms with Gasteiger partial charge in [-0.15, -0.1) is 24.0 Å². The van der Waals surface area contributed by atoms with Gasteiger partial charge in [0.05, 0.1) is 0 Å². The lowest BCUT2D eigenvalue weighted by Crippen LogP contribution is -2.42. The Labute approximate surface area is 165 Å². The molecule has 0 aromatic rings. The molecule has 0 aromatic heterocycles. The third kappa shape index (κ3) is 10.4. The number of aliphatic imine (C=N–C) groups is 1. The van der Waals surface area contributed by atoms with Crippen LogP contribution in [0.25, 0.3) is 0 Å². The van der Waals surface area contributed by atoms with Crippen molar-refractivity contribution in [2.45, 2.75) is 72.3 Å². The number of amides is 1. The molecule has 2 N–H and O–H groups in total. The van der Waals surface area contributed by atoms with Gasteiger partial charge in [-0.2, -0.15) is 0 Å². The lowest BCUT2D eigenvalue weighted by atomic mass is 10.0. The lowest BCUT2D eigenvalue weighted by molar-refractivity contribution is -0.127. The Balaban J connectivity index is 0.00000529. The second kappa shape index (κ2) is 13.7. The van der Waals surface area contributed by atoms with Crippen LogP contribution in [0.5, 0.6) is 0 Å². The van der Waals surface area contributed by atoms with Crippen molar-refractivity contribution in [1.82, 2.24) is 15.5 Å². The lowest BCUT2D eigenvalue weighted by Gasteiger charge is -2.18. The van der Waals surface area contributed by atoms with E-state index < -0.39 is 0 Å². The third-order valence-electron chi connectivity index (χ3n) is 4.17. The summed E-state index contributed by atoms with van der Waals surface area (Å²) in [4.78, 5) is 18.2. The first kappa shape index (κ1) is 23.5. The maximum absolute atomic E-state index is 11.6. The molecule has 142 valence electrons. The van der Waals surface area contributed by atoms with Crippen LogP contribution in [-0.2, 0) is 4.79 Å². The molecule has 1 fully saturated rings. The smallest absolute Gasteiger partial charge is 0.222 e. The Kier molecular flexibility index (Phi) is 13.4. The van der Waals surface area contributed by atoms with Gasteiger partial charge in [0.1, 0.15) is 0 Å². The van der Waals surface area contributed by atoms with Gasteiger partial charge in [-0.1, -0.05) is 26.7 Å². The molecule has 0 radical (unpaired) electrons. The number of rotatable bonds is 10. The Hall–Kier alpha value is -0.530. The number of carbonyl (C=O) groups excluding carboxylic acids is 1. The summed E-state index contributed by atoms with van der Waals surface area (Å²) in [6.07, 6.45) is 6.38. The molecule has 24 heavy (non-hydrogen) atoms. The first-order valence-electron chi connectivity index (χ1n) is 9.35. The monoisotopic (exact) mass is 452 g/mol. The summed E-state index contributed by atoms with van der Waals surface area (Å²) in [7, 11) is 0. The van der Waals surface area contributed by atoms with Crippen molar-refractivity contribution in [3.63, 3.8) is 0 Å². The van der Waals surface area contributed by atoms with Gasteiger partial charge in [-0.05, 0) is 39.0 Å². The average Bonchev–Trinajstić information content (AvgIpc) is 2.88. The van der Waals surface area contributed by atoms with E-state index >= 15 is 0 Å². The molecule has 1 amide bonds. The van der Waals surface area contributed by atoms with Gasteiger partial charge in [0.15, 0.2) is 5.96 Å². The van der Waals surface area contributed by atoms with Gasteiger partial charge in [-0.3, -0.25) is 9.79 Å². The Morgan fingerprint density at radius 3 is 2.58 bits per heavy atom. The molecule has 1 saturated heterocycles. The number of nitrogens with zero attached hydrogens (tertiary/aromatic N) is 2. The summed E-state index contributed by atoms with van der Waals surface area (Å²) in [5, 5.41) is 6.80. The van der Waals surface area contributed by atoms with Gasteiger partial charge >= 0.3 is 0 Å². The highest BCUT2D eigenvalue weighted by Gasteiger charge is 2.18. The van der Waals surface area contributed by atoms with Crippen molar-refractivity contribution in [1.29, 1.82) is 0 Å². The largest absolute Gasteiger partial charge is 0.357 e. The van der Waals surface area contributed by atoms with Crippen LogP contribution in [0.4, 0.5) is 0 Å². The number of hydrogen-bond acceptors (Lipinski definition) is 2. The Morgan fingerprint density at radius 2 is 2.00 bits per heavy atom. The highest BCUT2D eigenvalue weighted by molar-refractivity contribution is 14.0. The second-order valence-corrected chi connectivity index (χ2v) is 6.97. The molecule has 5 nitrogen and oxygen atoms in total. The first-order valence-corrected chi connectivity index (χ1v) is 9.35. The van der Waals surface area contributed by atoms with Crippen LogP contribution in [0, 0.1) is 5.92 Å². The molecule has 1 rings (SSSR count). The number of likely N-dealkylation sites (tertiary alicyclic amines) is 1. The highest BCUT2D eigenvalue weighted by atomic mass is 127. The molecule has 6 heteroatoms. The molecule has 1 atom stereocenters. The van der Waals surface area contributed by atoms with Gasteiger partial charge in [0, 0.05) is 38.6 Å². The quantitative estimate of drug-likeness (QED) is 0.231. The Morgan fingerprint density at radius 1 is 1.25 bits per heavy atom. The van der Waals surface area contributed by atoms with Crippen molar-refractivity contribution in [3.05, 3.63) is 0 Å². The average molecular weight is 452 g/mol. The van der Waals surface area contributed by atoms with Crippen molar-refractivity contribution in [3.8, 4) is 0 Å². The van der Waals surface area contributed by atoms with E-state index in [0.29, 0.717) is 11.9 Å². The van der Waals surface area contributed by atoms with Crippen LogP contribution in [0.15, 0.2) is 4.99 Å². The predicted molar refractivity (Wildman–Crippen MR) is 113 cm³/mol. The number of carbonyl (C=O) groups is 1. The maximum Gasteiger partial charge on any atom is 0.222 e. The number of hydrogen-bond donors (Lipinski definition) is 2. The van der Waals surface area contributed by atoms with E-state index in [9.17, 15) is 4.79 Å². The maximum atomic E-state index is 11.6. The van der Waals surface area contributed by atoms with Gasteiger partial charge in [0.25, 0.3) is 0 Å². The van der Waals surface area contributed by atoms with Crippen LogP contribution < -0.4 is 10.6 Å². The Bertz CT molecular complexity index is 374. The number of nitrogens with one attached hydrogen (secondary N) is 2. The minimum atomic E-state index is 0. The van der Waals surface area contributed by atoms with E-state index in [-0.39, 0.29) is 24.0 Å². The molecule has 0 spiro atoms. The van der Waals surface area contributed by atoms with Crippen molar-refractivity contribution >= 4 is 35.8 Å². The predicted octanol–water partition coefficient (Wildman–Crippen LogP) is 3.39. The van der Waals surface area contributed by atoms with Gasteiger partial charge < -0.3 is 15.5 Å². The number of guanidine groups is 1. The van der Waals surface area contributed by atoms with Crippen LogP contribution in [-0.4, -0.2) is 49.0 Å². The molecular weight excluding hydrogens is 415 g/mol. The summed E-state index contributed by atoms with van der Waals surface area (Å²) in [5.41, 5.74) is 0. The summed E-state index contributed by atoms with van der Waals surface area (Å²) >= 11 is 0. The van der Waals surface area contributed by atoms with E-state index in [2.05, 4.69) is 43.3 Å². The SMILES string of the molecule is CCNC(=NCCCN1CCCC1=O)NC(C)CCCC(C)C.I. The molecule has 0 aliphatic carbocycles. The number of halogens is 1. The van der Waals surface area contributed by atoms with Crippen LogP contribution >= 0.6 is 24.0 Å². The molecule has 1 unspecified atom stereocenters. The van der Waals surface area contributed by atoms with Crippen molar-refractivity contribution in [2.24, 2.45) is 10.9 Å². The van der Waals surface area contributed by atoms with E-state index in [1.165, 1.54) is 19.3 Å². The third-order valence-corrected chi connectivity index (χ3v) is 4.17. The zero-order chi connectivity index (χ0) is 17.1. The molecule has 1 heterocycles. The van der Waals surface area contributed by atoms with Gasteiger partial charge in [-0.25, -0.2) is 0 Å². The van der Waals surface area contributed by atoms with E-state index in [4.69, 9.17) is 0 Å². The molecule has 1 aliphatic rings. The second-order valence-electron chi connectivity index (χ2n) is 6.97. The zero-order valence-electron chi connectivity index (χ0n) is 15.9. The molecule has 1 aliphatic heterocycles. The molecule has 0 aromatic carbocycles. The normalized spacial score (nSPS) is 16.3. The zero-order valence-corrected chi connectivity index (χ0v) is 18.3. The van der Waals surface area contributed by atoms with Crippen molar-refractivity contribution in [2.75, 3.05) is 26.2 Å². The summed E-state index contributed by atoms with van der Waals surface area (Å²) in [5.74, 6) is 1.98. The molecule has 0 saturated carbocycles. The summed E-state index contributed by atoms with van der Waals surface area (Å²) in [6, 6.07) is 0.437. The van der Waals surface area contributed by atoms with Gasteiger partial charge in [0.2, 0.25) is 5.91 Å². The minimum Gasteiger partial charge on any atom is -0.357 e. The standard InChI is InChI=1S/C18H36N4O.HI/c1-5-19-18(21-16(4)10-6-9-15(2)3)20-12-8-14-22-13-7-11-17(22)23;/h15-16H,5-14H2,1-4H3,(H2,19,20,21);1H. The fourth-order valence-electron chi connectivity index (χ4n) is 2.85. The topological polar surface area (TPSA) is 56.7 Å². The minimum absolute atomic E-state index is 0. The molecular formula is C18H37IN4O. The first-order chi connectivity index (χ1) is 11.0. The highest BCUT2D eigenvalue weighted by Crippen LogP contribution is 2.10. The van der Waals surface area contributed by atoms with Crippen LogP contribution in [0.3, 0.4) is 0 Å². The van der Waals surface area contributed by atoms with Crippen molar-refractivity contribution < 1.29 is 4.79 Å². The van der Waals surface area contributed by atoms with E-state index in [1.54, 1.807) is 0 Å². The van der Waals surface area contributed by atoms with E-state index in [1.807, 2.05) is 4.90 Å². The van der Waals surface area contributed by atoms with Crippen LogP contribution in [0.2, 0.25) is 0 Å². The summed E-state index contributed by atoms with van der Waals surface area (Å²) < 4.78 is 0. The molecule has 0 bridgehead atoms. The van der Waals surface area contributed by atoms with E-state index in [0.717, 1.165) is 57.3 Å². The fraction of sp³-hybridized carbons (Fsp3) is 0.889. The van der Waals surface area contributed by atoms with Crippen LogP contribution in [0.1, 0.15) is 66.2 Å². The summed E-state index contributed by atoms with van der Waals surface area (Å²) in [6.45, 7) is 12.2.